The van der Waals surface area contributed by atoms with Gasteiger partial charge in [-0.3, -0.25) is 9.69 Å². The Hall–Kier alpha value is -2.12. The Morgan fingerprint density at radius 1 is 1.26 bits per heavy atom. The minimum atomic E-state index is -0.0258. The van der Waals surface area contributed by atoms with Crippen LogP contribution in [0, 0.1) is 6.92 Å². The van der Waals surface area contributed by atoms with Crippen molar-refractivity contribution in [1.29, 1.82) is 0 Å². The van der Waals surface area contributed by atoms with Gasteiger partial charge in [-0.25, -0.2) is 4.98 Å². The molecule has 7 heteroatoms. The number of nitrogens with zero attached hydrogens (tertiary/aromatic N) is 3. The normalized spacial score (nSPS) is 21.5. The number of phenols is 1. The van der Waals surface area contributed by atoms with Crippen LogP contribution in [0.15, 0.2) is 39.5 Å². The van der Waals surface area contributed by atoms with Crippen molar-refractivity contribution >= 4 is 45.4 Å². The van der Waals surface area contributed by atoms with Crippen LogP contribution in [0.4, 0.5) is 5.13 Å². The number of para-hydroxylation sites is 1. The van der Waals surface area contributed by atoms with Gasteiger partial charge in [0.05, 0.1) is 10.6 Å². The molecule has 1 aliphatic heterocycles. The number of amides is 1. The van der Waals surface area contributed by atoms with E-state index in [1.807, 2.05) is 23.3 Å². The maximum Gasteiger partial charge on any atom is 0.267 e. The molecule has 1 amide bonds. The van der Waals surface area contributed by atoms with Crippen molar-refractivity contribution in [1.82, 2.24) is 9.88 Å². The van der Waals surface area contributed by atoms with Crippen LogP contribution < -0.4 is 0 Å². The Bertz CT molecular complexity index is 913. The number of hydrogen-bond acceptors (Lipinski definition) is 6. The zero-order chi connectivity index (χ0) is 18.8. The lowest BCUT2D eigenvalue weighted by atomic mass is 9.94. The zero-order valence-electron chi connectivity index (χ0n) is 15.1. The number of benzene rings is 1. The molecule has 27 heavy (non-hydrogen) atoms. The molecule has 1 saturated heterocycles. The van der Waals surface area contributed by atoms with Crippen molar-refractivity contribution in [2.24, 2.45) is 4.99 Å². The molecule has 1 aromatic carbocycles. The number of carbonyl (C=O) groups excluding carboxylic acids is 1. The summed E-state index contributed by atoms with van der Waals surface area (Å²) in [6, 6.07) is 7.24. The summed E-state index contributed by atoms with van der Waals surface area (Å²) in [6.07, 6.45) is 7.28. The molecule has 0 radical (unpaired) electrons. The van der Waals surface area contributed by atoms with Crippen molar-refractivity contribution < 1.29 is 9.90 Å². The molecule has 0 bridgehead atoms. The van der Waals surface area contributed by atoms with E-state index in [2.05, 4.69) is 9.98 Å². The molecule has 0 spiro atoms. The average molecular weight is 400 g/mol. The zero-order valence-corrected chi connectivity index (χ0v) is 16.7. The molecule has 1 aromatic heterocycles. The van der Waals surface area contributed by atoms with Gasteiger partial charge in [0.15, 0.2) is 5.17 Å². The van der Waals surface area contributed by atoms with Gasteiger partial charge in [-0.15, -0.1) is 11.3 Å². The summed E-state index contributed by atoms with van der Waals surface area (Å²) in [5.74, 6) is 0.144. The third-order valence-electron chi connectivity index (χ3n) is 4.80. The van der Waals surface area contributed by atoms with Crippen LogP contribution in [0.25, 0.3) is 6.08 Å². The van der Waals surface area contributed by atoms with Crippen LogP contribution in [0.3, 0.4) is 0 Å². The predicted molar refractivity (Wildman–Crippen MR) is 111 cm³/mol. The fourth-order valence-electron chi connectivity index (χ4n) is 3.45. The molecular weight excluding hydrogens is 378 g/mol. The van der Waals surface area contributed by atoms with Crippen molar-refractivity contribution in [3.63, 3.8) is 0 Å². The van der Waals surface area contributed by atoms with Gasteiger partial charge in [0.25, 0.3) is 5.91 Å². The first-order valence-electron chi connectivity index (χ1n) is 9.14. The Labute approximate surface area is 166 Å². The second kappa shape index (κ2) is 7.86. The Kier molecular flexibility index (Phi) is 5.31. The summed E-state index contributed by atoms with van der Waals surface area (Å²) in [6.45, 7) is 1.94. The molecule has 4 rings (SSSR count). The first-order chi connectivity index (χ1) is 13.1. The lowest BCUT2D eigenvalue weighted by Gasteiger charge is -2.30. The Morgan fingerprint density at radius 2 is 2.04 bits per heavy atom. The highest BCUT2D eigenvalue weighted by molar-refractivity contribution is 8.18. The lowest BCUT2D eigenvalue weighted by Crippen LogP contribution is -2.40. The topological polar surface area (TPSA) is 65.8 Å². The average Bonchev–Trinajstić information content (AvgIpc) is 3.21. The highest BCUT2D eigenvalue weighted by Gasteiger charge is 2.38. The number of thiazole rings is 1. The van der Waals surface area contributed by atoms with E-state index in [4.69, 9.17) is 0 Å². The molecule has 0 atom stereocenters. The van der Waals surface area contributed by atoms with Gasteiger partial charge >= 0.3 is 0 Å². The van der Waals surface area contributed by atoms with Gasteiger partial charge in [0.2, 0.25) is 5.13 Å². The van der Waals surface area contributed by atoms with Gasteiger partial charge in [0, 0.05) is 17.0 Å². The van der Waals surface area contributed by atoms with E-state index in [1.54, 1.807) is 24.3 Å². The van der Waals surface area contributed by atoms with E-state index in [0.717, 1.165) is 31.4 Å². The third-order valence-corrected chi connectivity index (χ3v) is 6.63. The molecule has 1 aliphatic carbocycles. The van der Waals surface area contributed by atoms with E-state index >= 15 is 0 Å². The van der Waals surface area contributed by atoms with Crippen molar-refractivity contribution in [2.75, 3.05) is 0 Å². The number of aromatic hydroxyl groups is 1. The van der Waals surface area contributed by atoms with Gasteiger partial charge < -0.3 is 5.11 Å². The monoisotopic (exact) mass is 399 g/mol. The molecule has 2 aromatic rings. The number of rotatable bonds is 3. The minimum absolute atomic E-state index is 0.0258. The summed E-state index contributed by atoms with van der Waals surface area (Å²) in [5.41, 5.74) is 1.58. The fourth-order valence-corrected chi connectivity index (χ4v) is 5.20. The van der Waals surface area contributed by atoms with E-state index in [-0.39, 0.29) is 17.7 Å². The quantitative estimate of drug-likeness (QED) is 0.730. The van der Waals surface area contributed by atoms with E-state index in [0.29, 0.717) is 20.8 Å². The minimum Gasteiger partial charge on any atom is -0.507 e. The summed E-state index contributed by atoms with van der Waals surface area (Å²) in [4.78, 5) is 24.7. The molecule has 1 saturated carbocycles. The van der Waals surface area contributed by atoms with Crippen LogP contribution in [-0.4, -0.2) is 32.1 Å². The van der Waals surface area contributed by atoms with Gasteiger partial charge in [0.1, 0.15) is 5.75 Å². The number of phenolic OH excluding ortho intramolecular Hbond substituents is 1. The van der Waals surface area contributed by atoms with E-state index in [1.165, 1.54) is 29.5 Å². The number of hydrogen-bond donors (Lipinski definition) is 1. The molecule has 5 nitrogen and oxygen atoms in total. The number of amidine groups is 1. The Morgan fingerprint density at radius 3 is 2.74 bits per heavy atom. The second-order valence-electron chi connectivity index (χ2n) is 6.80. The number of aromatic nitrogens is 1. The highest BCUT2D eigenvalue weighted by Crippen LogP contribution is 2.39. The summed E-state index contributed by atoms with van der Waals surface area (Å²) < 4.78 is 0. The van der Waals surface area contributed by atoms with E-state index < -0.39 is 0 Å². The van der Waals surface area contributed by atoms with Crippen molar-refractivity contribution in [3.05, 3.63) is 45.8 Å². The highest BCUT2D eigenvalue weighted by atomic mass is 32.2. The van der Waals surface area contributed by atoms with Crippen molar-refractivity contribution in [2.45, 2.75) is 45.1 Å². The summed E-state index contributed by atoms with van der Waals surface area (Å²) >= 11 is 2.86. The SMILES string of the molecule is Cc1csc(/N=C2/S/C(=C\c3ccccc3O)C(=O)N2C2CCCCC2)n1. The molecule has 2 fully saturated rings. The first-order valence-corrected chi connectivity index (χ1v) is 10.8. The van der Waals surface area contributed by atoms with Crippen LogP contribution in [0.2, 0.25) is 0 Å². The van der Waals surface area contributed by atoms with E-state index in [9.17, 15) is 9.90 Å². The summed E-state index contributed by atoms with van der Waals surface area (Å²) in [7, 11) is 0. The van der Waals surface area contributed by atoms with Gasteiger partial charge in [-0.2, -0.15) is 4.99 Å². The first kappa shape index (κ1) is 18.3. The van der Waals surface area contributed by atoms with Gasteiger partial charge in [-0.05, 0) is 43.7 Å². The molecule has 140 valence electrons. The molecular formula is C20H21N3O2S2. The maximum absolute atomic E-state index is 13.2. The maximum atomic E-state index is 13.2. The molecule has 2 aliphatic rings. The molecule has 1 N–H and O–H groups in total. The van der Waals surface area contributed by atoms with Crippen molar-refractivity contribution in [3.8, 4) is 5.75 Å². The standard InChI is InChI=1S/C20H21N3O2S2/c1-13-12-26-19(21-13)22-20-23(15-8-3-2-4-9-15)18(25)17(27-20)11-14-7-5-6-10-16(14)24/h5-7,10-12,15,24H,2-4,8-9H2,1H3/b17-11-,22-20+. The smallest absolute Gasteiger partial charge is 0.267 e. The van der Waals surface area contributed by atoms with Gasteiger partial charge in [-0.1, -0.05) is 37.5 Å². The third kappa shape index (κ3) is 3.94. The van der Waals surface area contributed by atoms with Crippen LogP contribution in [0.5, 0.6) is 5.75 Å². The second-order valence-corrected chi connectivity index (χ2v) is 8.65. The summed E-state index contributed by atoms with van der Waals surface area (Å²) in [5, 5.41) is 13.4. The largest absolute Gasteiger partial charge is 0.507 e. The molecule has 0 unspecified atom stereocenters. The number of carbonyl (C=O) groups is 1. The fraction of sp³-hybridized carbons (Fsp3) is 0.350. The van der Waals surface area contributed by atoms with Crippen LogP contribution in [-0.2, 0) is 4.79 Å². The predicted octanol–water partition coefficient (Wildman–Crippen LogP) is 5.09. The van der Waals surface area contributed by atoms with Crippen LogP contribution >= 0.6 is 23.1 Å². The Balaban J connectivity index is 1.71. The van der Waals surface area contributed by atoms with Crippen LogP contribution in [0.1, 0.15) is 43.4 Å². The molecule has 2 heterocycles. The number of thioether (sulfide) groups is 1. The number of aryl methyl sites for hydroxylation is 1. The lowest BCUT2D eigenvalue weighted by molar-refractivity contribution is -0.124. The number of aliphatic imine (C=N–C) groups is 1.